The second kappa shape index (κ2) is 9.55. The Morgan fingerprint density at radius 2 is 1.02 bits per heavy atom. The molecule has 0 bridgehead atoms. The minimum absolute atomic E-state index is 0.662. The molecule has 10 aromatic rings. The van der Waals surface area contributed by atoms with Crippen molar-refractivity contribution in [3.05, 3.63) is 146 Å². The number of fused-ring (bicyclic) bond motifs is 8. The van der Waals surface area contributed by atoms with E-state index in [0.29, 0.717) is 22.5 Å². The van der Waals surface area contributed by atoms with Crippen molar-refractivity contribution in [2.75, 3.05) is 0 Å². The van der Waals surface area contributed by atoms with Gasteiger partial charge < -0.3 is 4.57 Å². The van der Waals surface area contributed by atoms with Crippen LogP contribution in [0.1, 0.15) is 0 Å². The lowest BCUT2D eigenvalue weighted by atomic mass is 10.1. The molecular weight excluding hydrogens is 564 g/mol. The zero-order valence-corrected chi connectivity index (χ0v) is 24.5. The summed E-state index contributed by atoms with van der Waals surface area (Å²) in [4.78, 5) is 9.72. The Hall–Kier alpha value is -6.40. The SMILES string of the molecule is c1ccc(-n2c3ccccc3c3cc(-c4nnc(-n5c6ccccc6c6cc7ccccc7cc65)c5nccnc45)ccc32)cc1. The number of para-hydroxylation sites is 3. The van der Waals surface area contributed by atoms with Gasteiger partial charge >= 0.3 is 0 Å². The highest BCUT2D eigenvalue weighted by Crippen LogP contribution is 2.38. The van der Waals surface area contributed by atoms with Crippen molar-refractivity contribution in [2.24, 2.45) is 0 Å². The van der Waals surface area contributed by atoms with Gasteiger partial charge in [-0.2, -0.15) is 0 Å². The first-order chi connectivity index (χ1) is 22.8. The molecule has 10 rings (SSSR count). The molecule has 0 aliphatic rings. The van der Waals surface area contributed by atoms with E-state index in [1.807, 2.05) is 6.07 Å². The third kappa shape index (κ3) is 3.52. The molecule has 6 heteroatoms. The topological polar surface area (TPSA) is 61.4 Å². The van der Waals surface area contributed by atoms with Crippen molar-refractivity contribution in [1.82, 2.24) is 29.3 Å². The van der Waals surface area contributed by atoms with Crippen LogP contribution in [0.5, 0.6) is 0 Å². The fourth-order valence-electron chi connectivity index (χ4n) is 7.07. The quantitative estimate of drug-likeness (QED) is 0.206. The molecule has 0 N–H and O–H groups in total. The standard InChI is InChI=1S/C40H24N6/c1-2-12-28(13-3-1)45-33-16-8-6-14-29(33)31-23-27(18-19-35(31)45)37-38-39(42-21-20-41-38)40(44-43-37)46-34-17-9-7-15-30(34)32-22-25-10-4-5-11-26(25)24-36(32)46/h1-24H. The molecule has 0 atom stereocenters. The predicted octanol–water partition coefficient (Wildman–Crippen LogP) is 9.43. The maximum Gasteiger partial charge on any atom is 0.188 e. The molecule has 0 unspecified atom stereocenters. The number of nitrogens with zero attached hydrogens (tertiary/aromatic N) is 6. The molecule has 214 valence electrons. The highest BCUT2D eigenvalue weighted by atomic mass is 15.2. The Morgan fingerprint density at radius 3 is 1.80 bits per heavy atom. The number of hydrogen-bond donors (Lipinski definition) is 0. The molecular formula is C40H24N6. The molecule has 0 radical (unpaired) electrons. The monoisotopic (exact) mass is 588 g/mol. The van der Waals surface area contributed by atoms with Crippen LogP contribution in [0.3, 0.4) is 0 Å². The Kier molecular flexibility index (Phi) is 5.19. The molecule has 6 aromatic carbocycles. The second-order valence-electron chi connectivity index (χ2n) is 11.6. The number of rotatable bonds is 3. The Bertz CT molecular complexity index is 2810. The van der Waals surface area contributed by atoms with Crippen LogP contribution in [-0.2, 0) is 0 Å². The van der Waals surface area contributed by atoms with Crippen molar-refractivity contribution >= 4 is 65.4 Å². The van der Waals surface area contributed by atoms with Crippen molar-refractivity contribution in [2.45, 2.75) is 0 Å². The van der Waals surface area contributed by atoms with Gasteiger partial charge in [0, 0.05) is 45.2 Å². The van der Waals surface area contributed by atoms with Crippen LogP contribution in [0.15, 0.2) is 146 Å². The summed E-state index contributed by atoms with van der Waals surface area (Å²) in [5, 5.41) is 16.8. The van der Waals surface area contributed by atoms with Gasteiger partial charge in [0.05, 0.1) is 22.1 Å². The number of aromatic nitrogens is 6. The minimum Gasteiger partial charge on any atom is -0.309 e. The first-order valence-corrected chi connectivity index (χ1v) is 15.3. The lowest BCUT2D eigenvalue weighted by molar-refractivity contribution is 0.965. The molecule has 6 nitrogen and oxygen atoms in total. The zero-order valence-electron chi connectivity index (χ0n) is 24.5. The van der Waals surface area contributed by atoms with Crippen molar-refractivity contribution in [3.8, 4) is 22.8 Å². The summed E-state index contributed by atoms with van der Waals surface area (Å²) in [6.07, 6.45) is 3.47. The van der Waals surface area contributed by atoms with Gasteiger partial charge in [-0.05, 0) is 59.3 Å². The third-order valence-corrected chi connectivity index (χ3v) is 9.09. The number of benzene rings is 6. The lowest BCUT2D eigenvalue weighted by Crippen LogP contribution is -2.04. The van der Waals surface area contributed by atoms with Gasteiger partial charge in [0.2, 0.25) is 0 Å². The third-order valence-electron chi connectivity index (χ3n) is 9.09. The summed E-state index contributed by atoms with van der Waals surface area (Å²) in [5.74, 6) is 0.662. The van der Waals surface area contributed by atoms with Gasteiger partial charge in [-0.25, -0.2) is 4.98 Å². The van der Waals surface area contributed by atoms with Gasteiger partial charge in [-0.1, -0.05) is 84.9 Å². The van der Waals surface area contributed by atoms with Gasteiger partial charge in [-0.15, -0.1) is 10.2 Å². The maximum atomic E-state index is 4.91. The fraction of sp³-hybridized carbons (Fsp3) is 0. The predicted molar refractivity (Wildman–Crippen MR) is 187 cm³/mol. The summed E-state index contributed by atoms with van der Waals surface area (Å²) in [6.45, 7) is 0. The highest BCUT2D eigenvalue weighted by molar-refractivity contribution is 6.15. The summed E-state index contributed by atoms with van der Waals surface area (Å²) < 4.78 is 4.49. The van der Waals surface area contributed by atoms with Crippen LogP contribution in [0.4, 0.5) is 0 Å². The van der Waals surface area contributed by atoms with Gasteiger partial charge in [0.15, 0.2) is 5.82 Å². The number of hydrogen-bond acceptors (Lipinski definition) is 4. The fourth-order valence-corrected chi connectivity index (χ4v) is 7.07. The van der Waals surface area contributed by atoms with E-state index < -0.39 is 0 Å². The Labute approximate surface area is 262 Å². The Morgan fingerprint density at radius 1 is 0.413 bits per heavy atom. The molecule has 4 aromatic heterocycles. The van der Waals surface area contributed by atoms with Crippen LogP contribution >= 0.6 is 0 Å². The van der Waals surface area contributed by atoms with Crippen molar-refractivity contribution < 1.29 is 0 Å². The molecule has 0 saturated carbocycles. The second-order valence-corrected chi connectivity index (χ2v) is 11.6. The summed E-state index contributed by atoms with van der Waals surface area (Å²) in [5.41, 5.74) is 8.60. The molecule has 0 aliphatic carbocycles. The molecule has 0 saturated heterocycles. The van der Waals surface area contributed by atoms with Gasteiger partial charge in [0.1, 0.15) is 16.7 Å². The average molecular weight is 589 g/mol. The summed E-state index contributed by atoms with van der Waals surface area (Å²) >= 11 is 0. The molecule has 0 aliphatic heterocycles. The first kappa shape index (κ1) is 25.0. The lowest BCUT2D eigenvalue weighted by Gasteiger charge is -2.12. The first-order valence-electron chi connectivity index (χ1n) is 15.3. The van der Waals surface area contributed by atoms with E-state index in [9.17, 15) is 0 Å². The van der Waals surface area contributed by atoms with Crippen LogP contribution in [0.25, 0.3) is 88.2 Å². The van der Waals surface area contributed by atoms with E-state index in [2.05, 4.69) is 137 Å². The van der Waals surface area contributed by atoms with Crippen molar-refractivity contribution in [1.29, 1.82) is 0 Å². The van der Waals surface area contributed by atoms with Gasteiger partial charge in [-0.3, -0.25) is 9.55 Å². The Balaban J connectivity index is 1.23. The van der Waals surface area contributed by atoms with E-state index in [1.165, 1.54) is 16.2 Å². The molecule has 46 heavy (non-hydrogen) atoms. The van der Waals surface area contributed by atoms with E-state index in [4.69, 9.17) is 20.2 Å². The van der Waals surface area contributed by atoms with Crippen molar-refractivity contribution in [3.63, 3.8) is 0 Å². The average Bonchev–Trinajstić information content (AvgIpc) is 3.62. The highest BCUT2D eigenvalue weighted by Gasteiger charge is 2.21. The van der Waals surface area contributed by atoms with E-state index >= 15 is 0 Å². The van der Waals surface area contributed by atoms with E-state index in [0.717, 1.165) is 49.5 Å². The maximum absolute atomic E-state index is 4.91. The molecule has 0 fully saturated rings. The smallest absolute Gasteiger partial charge is 0.188 e. The van der Waals surface area contributed by atoms with Crippen LogP contribution < -0.4 is 0 Å². The normalized spacial score (nSPS) is 11.9. The summed E-state index contributed by atoms with van der Waals surface area (Å²) in [6, 6.07) is 46.9. The van der Waals surface area contributed by atoms with Gasteiger partial charge in [0.25, 0.3) is 0 Å². The van der Waals surface area contributed by atoms with E-state index in [1.54, 1.807) is 12.4 Å². The zero-order chi connectivity index (χ0) is 30.2. The molecule has 0 amide bonds. The largest absolute Gasteiger partial charge is 0.309 e. The molecule has 4 heterocycles. The molecule has 0 spiro atoms. The van der Waals surface area contributed by atoms with Crippen LogP contribution in [0.2, 0.25) is 0 Å². The van der Waals surface area contributed by atoms with E-state index in [-0.39, 0.29) is 0 Å². The summed E-state index contributed by atoms with van der Waals surface area (Å²) in [7, 11) is 0. The van der Waals surface area contributed by atoms with Crippen LogP contribution in [0, 0.1) is 0 Å². The van der Waals surface area contributed by atoms with Crippen LogP contribution in [-0.4, -0.2) is 29.3 Å². The minimum atomic E-state index is 0.662.